The van der Waals surface area contributed by atoms with E-state index in [1.54, 1.807) is 30.3 Å². The van der Waals surface area contributed by atoms with Crippen LogP contribution in [0.15, 0.2) is 77.7 Å². The maximum absolute atomic E-state index is 13.1. The van der Waals surface area contributed by atoms with E-state index in [0.29, 0.717) is 18.0 Å². The average molecular weight is 454 g/mol. The lowest BCUT2D eigenvalue weighted by Gasteiger charge is -2.32. The molecule has 158 valence electrons. The standard InChI is InChI=1S/C23H20ClN3O3S/c24-17-10-8-15(9-11-17)16-4-3-5-19(12-16)31(29,30)26-18-13-22-23(28)25-20-6-1-2-7-21(20)27(22)14-18/h1-12,18,22,26H,13-14H2,(H,25,28). The van der Waals surface area contributed by atoms with E-state index in [2.05, 4.69) is 10.0 Å². The molecule has 1 saturated heterocycles. The summed E-state index contributed by atoms with van der Waals surface area (Å²) in [6, 6.07) is 20.9. The fourth-order valence-electron chi connectivity index (χ4n) is 4.25. The van der Waals surface area contributed by atoms with Crippen LogP contribution >= 0.6 is 11.6 Å². The molecular weight excluding hydrogens is 434 g/mol. The molecule has 31 heavy (non-hydrogen) atoms. The molecule has 8 heteroatoms. The number of amides is 1. The zero-order valence-electron chi connectivity index (χ0n) is 16.5. The first-order chi connectivity index (χ1) is 14.9. The van der Waals surface area contributed by atoms with Crippen LogP contribution in [-0.2, 0) is 14.8 Å². The summed E-state index contributed by atoms with van der Waals surface area (Å²) in [7, 11) is -3.75. The first-order valence-corrected chi connectivity index (χ1v) is 11.8. The molecular formula is C23H20ClN3O3S. The van der Waals surface area contributed by atoms with Crippen molar-refractivity contribution in [3.05, 3.63) is 77.8 Å². The predicted molar refractivity (Wildman–Crippen MR) is 122 cm³/mol. The van der Waals surface area contributed by atoms with E-state index in [-0.39, 0.29) is 22.9 Å². The third-order valence-corrected chi connectivity index (χ3v) is 7.49. The number of hydrogen-bond donors (Lipinski definition) is 2. The SMILES string of the molecule is O=C1Nc2ccccc2N2CC(NS(=O)(=O)c3cccc(-c4ccc(Cl)cc4)c3)CC12. The smallest absolute Gasteiger partial charge is 0.247 e. The van der Waals surface area contributed by atoms with Gasteiger partial charge in [0.15, 0.2) is 0 Å². The first-order valence-electron chi connectivity index (χ1n) is 9.95. The highest BCUT2D eigenvalue weighted by Gasteiger charge is 2.42. The van der Waals surface area contributed by atoms with E-state index in [9.17, 15) is 13.2 Å². The maximum atomic E-state index is 13.1. The number of carbonyl (C=O) groups excluding carboxylic acids is 1. The Bertz CT molecular complexity index is 1260. The van der Waals surface area contributed by atoms with Gasteiger partial charge in [-0.15, -0.1) is 0 Å². The molecule has 0 saturated carbocycles. The average Bonchev–Trinajstić information content (AvgIpc) is 3.18. The van der Waals surface area contributed by atoms with Gasteiger partial charge in [-0.1, -0.05) is 48.0 Å². The van der Waals surface area contributed by atoms with Crippen molar-refractivity contribution in [2.75, 3.05) is 16.8 Å². The van der Waals surface area contributed by atoms with Crippen LogP contribution in [0.2, 0.25) is 5.02 Å². The number of para-hydroxylation sites is 2. The third-order valence-electron chi connectivity index (χ3n) is 5.72. The first kappa shape index (κ1) is 20.1. The number of sulfonamides is 1. The lowest BCUT2D eigenvalue weighted by Crippen LogP contribution is -2.44. The van der Waals surface area contributed by atoms with Crippen LogP contribution in [0.3, 0.4) is 0 Å². The van der Waals surface area contributed by atoms with Gasteiger partial charge in [-0.25, -0.2) is 13.1 Å². The second-order valence-electron chi connectivity index (χ2n) is 7.76. The van der Waals surface area contributed by atoms with E-state index < -0.39 is 10.0 Å². The van der Waals surface area contributed by atoms with E-state index in [4.69, 9.17) is 11.6 Å². The van der Waals surface area contributed by atoms with Gasteiger partial charge in [0.05, 0.1) is 16.3 Å². The fourth-order valence-corrected chi connectivity index (χ4v) is 5.67. The van der Waals surface area contributed by atoms with Crippen molar-refractivity contribution >= 4 is 38.9 Å². The van der Waals surface area contributed by atoms with E-state index in [1.807, 2.05) is 47.4 Å². The second kappa shape index (κ2) is 7.67. The molecule has 6 nitrogen and oxygen atoms in total. The van der Waals surface area contributed by atoms with Gasteiger partial charge in [-0.2, -0.15) is 0 Å². The Labute approximate surface area is 185 Å². The number of halogens is 1. The molecule has 2 atom stereocenters. The Balaban J connectivity index is 1.38. The molecule has 2 heterocycles. The zero-order valence-corrected chi connectivity index (χ0v) is 18.0. The highest BCUT2D eigenvalue weighted by molar-refractivity contribution is 7.89. The van der Waals surface area contributed by atoms with Crippen LogP contribution in [0.25, 0.3) is 11.1 Å². The zero-order chi connectivity index (χ0) is 21.6. The lowest BCUT2D eigenvalue weighted by molar-refractivity contribution is -0.117. The van der Waals surface area contributed by atoms with Crippen LogP contribution in [0.4, 0.5) is 11.4 Å². The fraction of sp³-hybridized carbons (Fsp3) is 0.174. The minimum atomic E-state index is -3.75. The molecule has 1 fully saturated rings. The van der Waals surface area contributed by atoms with Crippen molar-refractivity contribution in [3.8, 4) is 11.1 Å². The Hall–Kier alpha value is -2.87. The number of fused-ring (bicyclic) bond motifs is 3. The largest absolute Gasteiger partial charge is 0.356 e. The monoisotopic (exact) mass is 453 g/mol. The summed E-state index contributed by atoms with van der Waals surface area (Å²) in [6.07, 6.45) is 0.413. The normalized spacial score (nSPS) is 20.2. The van der Waals surface area contributed by atoms with Crippen molar-refractivity contribution in [2.24, 2.45) is 0 Å². The summed E-state index contributed by atoms with van der Waals surface area (Å²) >= 11 is 5.95. The molecule has 0 spiro atoms. The number of hydrogen-bond acceptors (Lipinski definition) is 4. The highest BCUT2D eigenvalue weighted by Crippen LogP contribution is 2.36. The molecule has 0 aromatic heterocycles. The van der Waals surface area contributed by atoms with Gasteiger partial charge in [-0.05, 0) is 53.9 Å². The van der Waals surface area contributed by atoms with Crippen LogP contribution in [0, 0.1) is 0 Å². The summed E-state index contributed by atoms with van der Waals surface area (Å²) in [5.41, 5.74) is 3.34. The summed E-state index contributed by atoms with van der Waals surface area (Å²) in [5, 5.41) is 3.53. The van der Waals surface area contributed by atoms with E-state index in [1.165, 1.54) is 0 Å². The van der Waals surface area contributed by atoms with Gasteiger partial charge in [-0.3, -0.25) is 4.79 Å². The molecule has 2 N–H and O–H groups in total. The third kappa shape index (κ3) is 3.80. The molecule has 3 aromatic carbocycles. The van der Waals surface area contributed by atoms with Crippen molar-refractivity contribution < 1.29 is 13.2 Å². The topological polar surface area (TPSA) is 78.5 Å². The Morgan fingerprint density at radius 1 is 0.968 bits per heavy atom. The van der Waals surface area contributed by atoms with E-state index >= 15 is 0 Å². The molecule has 2 aliphatic rings. The van der Waals surface area contributed by atoms with Gasteiger partial charge in [0.1, 0.15) is 6.04 Å². The Morgan fingerprint density at radius 2 is 1.74 bits per heavy atom. The van der Waals surface area contributed by atoms with Crippen molar-refractivity contribution in [1.29, 1.82) is 0 Å². The van der Waals surface area contributed by atoms with Crippen LogP contribution < -0.4 is 14.9 Å². The minimum absolute atomic E-state index is 0.106. The number of nitrogens with zero attached hydrogens (tertiary/aromatic N) is 1. The number of rotatable bonds is 4. The highest BCUT2D eigenvalue weighted by atomic mass is 35.5. The number of benzene rings is 3. The minimum Gasteiger partial charge on any atom is -0.356 e. The number of nitrogens with one attached hydrogen (secondary N) is 2. The molecule has 0 bridgehead atoms. The predicted octanol–water partition coefficient (Wildman–Crippen LogP) is 3.88. The van der Waals surface area contributed by atoms with Gasteiger partial charge in [0, 0.05) is 17.6 Å². The second-order valence-corrected chi connectivity index (χ2v) is 9.91. The number of anilines is 2. The Kier molecular flexibility index (Phi) is 4.97. The quantitative estimate of drug-likeness (QED) is 0.628. The van der Waals surface area contributed by atoms with Crippen molar-refractivity contribution in [1.82, 2.24) is 4.72 Å². The molecule has 2 unspecified atom stereocenters. The van der Waals surface area contributed by atoms with Crippen molar-refractivity contribution in [3.63, 3.8) is 0 Å². The summed E-state index contributed by atoms with van der Waals surface area (Å²) in [5.74, 6) is -0.106. The van der Waals surface area contributed by atoms with Crippen molar-refractivity contribution in [2.45, 2.75) is 23.4 Å². The summed E-state index contributed by atoms with van der Waals surface area (Å²) in [4.78, 5) is 14.7. The van der Waals surface area contributed by atoms with Gasteiger partial charge >= 0.3 is 0 Å². The summed E-state index contributed by atoms with van der Waals surface area (Å²) < 4.78 is 29.0. The van der Waals surface area contributed by atoms with E-state index in [0.717, 1.165) is 22.5 Å². The summed E-state index contributed by atoms with van der Waals surface area (Å²) in [6.45, 7) is 0.436. The van der Waals surface area contributed by atoms with Gasteiger partial charge in [0.25, 0.3) is 0 Å². The molecule has 5 rings (SSSR count). The molecule has 0 radical (unpaired) electrons. The maximum Gasteiger partial charge on any atom is 0.247 e. The molecule has 0 aliphatic carbocycles. The molecule has 3 aromatic rings. The molecule has 2 aliphatic heterocycles. The molecule has 1 amide bonds. The lowest BCUT2D eigenvalue weighted by atomic mass is 10.1. The number of carbonyl (C=O) groups is 1. The van der Waals surface area contributed by atoms with Crippen LogP contribution in [0.1, 0.15) is 6.42 Å². The van der Waals surface area contributed by atoms with Gasteiger partial charge in [0.2, 0.25) is 15.9 Å². The van der Waals surface area contributed by atoms with Crippen LogP contribution in [-0.4, -0.2) is 33.0 Å². The Morgan fingerprint density at radius 3 is 2.55 bits per heavy atom. The van der Waals surface area contributed by atoms with Crippen LogP contribution in [0.5, 0.6) is 0 Å². The van der Waals surface area contributed by atoms with Gasteiger partial charge < -0.3 is 10.2 Å².